The van der Waals surface area contributed by atoms with Gasteiger partial charge in [-0.1, -0.05) is 6.07 Å². The number of nitrogens with zero attached hydrogens (tertiary/aromatic N) is 4. The normalized spacial score (nSPS) is 18.7. The Morgan fingerprint density at radius 3 is 2.96 bits per heavy atom. The van der Waals surface area contributed by atoms with Crippen molar-refractivity contribution in [2.75, 3.05) is 33.0 Å². The largest absolute Gasteiger partial charge is 0.454 e. The van der Waals surface area contributed by atoms with E-state index in [1.54, 1.807) is 4.68 Å². The highest BCUT2D eigenvalue weighted by molar-refractivity contribution is 14.0. The van der Waals surface area contributed by atoms with Crippen LogP contribution < -0.4 is 14.8 Å². The van der Waals surface area contributed by atoms with Crippen LogP contribution in [0.1, 0.15) is 24.2 Å². The van der Waals surface area contributed by atoms with Crippen LogP contribution in [0.3, 0.4) is 0 Å². The maximum absolute atomic E-state index is 5.94. The fourth-order valence-electron chi connectivity index (χ4n) is 3.28. The van der Waals surface area contributed by atoms with Gasteiger partial charge in [0.25, 0.3) is 0 Å². The van der Waals surface area contributed by atoms with Crippen LogP contribution in [-0.2, 0) is 18.3 Å². The molecule has 0 radical (unpaired) electrons. The van der Waals surface area contributed by atoms with Crippen LogP contribution in [-0.4, -0.2) is 53.7 Å². The van der Waals surface area contributed by atoms with Gasteiger partial charge < -0.3 is 24.4 Å². The lowest BCUT2D eigenvalue weighted by Crippen LogP contribution is -2.48. The van der Waals surface area contributed by atoms with Crippen molar-refractivity contribution in [1.82, 2.24) is 20.0 Å². The number of hydrogen-bond donors (Lipinski definition) is 1. The molecule has 0 saturated carbocycles. The smallest absolute Gasteiger partial charge is 0.231 e. The standard InChI is InChI=1S/C19H25N5O3.HI/c1-3-20-19(21-9-14-4-5-16-17(8-14)27-13-26-16)24-6-7-25-18(12-24)15-10-22-23(2)11-15;/h4-5,8,10-11,18H,3,6-7,9,12-13H2,1-2H3,(H,20,21);1H. The first-order valence-electron chi connectivity index (χ1n) is 9.25. The second-order valence-electron chi connectivity index (χ2n) is 6.61. The average molecular weight is 499 g/mol. The number of benzene rings is 1. The van der Waals surface area contributed by atoms with Crippen LogP contribution >= 0.6 is 24.0 Å². The minimum Gasteiger partial charge on any atom is -0.454 e. The number of aryl methyl sites for hydroxylation is 1. The van der Waals surface area contributed by atoms with E-state index in [0.29, 0.717) is 13.2 Å². The molecule has 4 rings (SSSR count). The van der Waals surface area contributed by atoms with E-state index in [1.165, 1.54) is 0 Å². The number of aromatic nitrogens is 2. The highest BCUT2D eigenvalue weighted by Crippen LogP contribution is 2.32. The zero-order valence-corrected chi connectivity index (χ0v) is 18.5. The third kappa shape index (κ3) is 4.69. The lowest BCUT2D eigenvalue weighted by Gasteiger charge is -2.34. The van der Waals surface area contributed by atoms with Crippen molar-refractivity contribution >= 4 is 29.9 Å². The van der Waals surface area contributed by atoms with Gasteiger partial charge in [0.15, 0.2) is 17.5 Å². The number of rotatable bonds is 4. The quantitative estimate of drug-likeness (QED) is 0.396. The first-order valence-corrected chi connectivity index (χ1v) is 9.25. The van der Waals surface area contributed by atoms with Crippen molar-refractivity contribution in [3.63, 3.8) is 0 Å². The van der Waals surface area contributed by atoms with Gasteiger partial charge in [-0.2, -0.15) is 5.10 Å². The van der Waals surface area contributed by atoms with E-state index in [2.05, 4.69) is 22.2 Å². The van der Waals surface area contributed by atoms with Crippen LogP contribution in [0.4, 0.5) is 0 Å². The van der Waals surface area contributed by atoms with E-state index in [4.69, 9.17) is 19.2 Å². The van der Waals surface area contributed by atoms with Crippen LogP contribution in [0, 0.1) is 0 Å². The summed E-state index contributed by atoms with van der Waals surface area (Å²) in [4.78, 5) is 7.07. The molecule has 152 valence electrons. The number of fused-ring (bicyclic) bond motifs is 1. The molecular weight excluding hydrogens is 473 g/mol. The molecule has 0 aliphatic carbocycles. The van der Waals surface area contributed by atoms with Crippen LogP contribution in [0.15, 0.2) is 35.6 Å². The second kappa shape index (κ2) is 9.46. The van der Waals surface area contributed by atoms with Gasteiger partial charge in [0.05, 0.1) is 25.9 Å². The Bertz CT molecular complexity index is 826. The predicted molar refractivity (Wildman–Crippen MR) is 116 cm³/mol. The minimum atomic E-state index is 0. The topological polar surface area (TPSA) is 73.1 Å². The third-order valence-electron chi connectivity index (χ3n) is 4.65. The number of nitrogens with one attached hydrogen (secondary N) is 1. The fourth-order valence-corrected chi connectivity index (χ4v) is 3.28. The lowest BCUT2D eigenvalue weighted by molar-refractivity contribution is -0.00805. The molecular formula is C19H26IN5O3. The Balaban J connectivity index is 0.00000225. The Kier molecular flexibility index (Phi) is 7.00. The molecule has 8 nitrogen and oxygen atoms in total. The molecule has 0 bridgehead atoms. The Labute approximate surface area is 181 Å². The molecule has 3 heterocycles. The number of ether oxygens (including phenoxy) is 3. The molecule has 1 N–H and O–H groups in total. The number of hydrogen-bond acceptors (Lipinski definition) is 5. The van der Waals surface area contributed by atoms with Gasteiger partial charge in [0.2, 0.25) is 6.79 Å². The SMILES string of the molecule is CCNC(=NCc1ccc2c(c1)OCO2)N1CCOC(c2cnn(C)c2)C1.I. The summed E-state index contributed by atoms with van der Waals surface area (Å²) in [5.74, 6) is 2.48. The molecule has 2 aliphatic rings. The number of guanidine groups is 1. The summed E-state index contributed by atoms with van der Waals surface area (Å²) >= 11 is 0. The summed E-state index contributed by atoms with van der Waals surface area (Å²) in [6.45, 7) is 5.97. The molecule has 1 aromatic heterocycles. The predicted octanol–water partition coefficient (Wildman–Crippen LogP) is 2.31. The maximum atomic E-state index is 5.94. The average Bonchev–Trinajstić information content (AvgIpc) is 3.33. The molecule has 2 aromatic rings. The zero-order chi connectivity index (χ0) is 18.6. The van der Waals surface area contributed by atoms with Crippen molar-refractivity contribution < 1.29 is 14.2 Å². The summed E-state index contributed by atoms with van der Waals surface area (Å²) in [6, 6.07) is 5.96. The summed E-state index contributed by atoms with van der Waals surface area (Å²) in [7, 11) is 1.92. The maximum Gasteiger partial charge on any atom is 0.231 e. The summed E-state index contributed by atoms with van der Waals surface area (Å²) in [5, 5.41) is 7.65. The molecule has 1 atom stereocenters. The van der Waals surface area contributed by atoms with E-state index in [-0.39, 0.29) is 36.9 Å². The molecule has 0 spiro atoms. The summed E-state index contributed by atoms with van der Waals surface area (Å²) in [5.41, 5.74) is 2.18. The van der Waals surface area contributed by atoms with E-state index in [9.17, 15) is 0 Å². The molecule has 1 fully saturated rings. The summed E-state index contributed by atoms with van der Waals surface area (Å²) < 4.78 is 18.6. The second-order valence-corrected chi connectivity index (χ2v) is 6.61. The van der Waals surface area contributed by atoms with Gasteiger partial charge in [-0.15, -0.1) is 24.0 Å². The van der Waals surface area contributed by atoms with Gasteiger partial charge in [-0.25, -0.2) is 4.99 Å². The van der Waals surface area contributed by atoms with E-state index < -0.39 is 0 Å². The first kappa shape index (κ1) is 20.7. The Morgan fingerprint density at radius 2 is 2.18 bits per heavy atom. The van der Waals surface area contributed by atoms with Crippen molar-refractivity contribution in [1.29, 1.82) is 0 Å². The number of halogens is 1. The number of aliphatic imine (C=N–C) groups is 1. The Morgan fingerprint density at radius 1 is 1.32 bits per heavy atom. The first-order chi connectivity index (χ1) is 13.2. The molecule has 9 heteroatoms. The van der Waals surface area contributed by atoms with Gasteiger partial charge in [0, 0.05) is 31.9 Å². The fraction of sp³-hybridized carbons (Fsp3) is 0.474. The van der Waals surface area contributed by atoms with Crippen molar-refractivity contribution in [3.8, 4) is 11.5 Å². The van der Waals surface area contributed by atoms with Crippen LogP contribution in [0.5, 0.6) is 11.5 Å². The van der Waals surface area contributed by atoms with Crippen LogP contribution in [0.2, 0.25) is 0 Å². The molecule has 2 aliphatic heterocycles. The van der Waals surface area contributed by atoms with Gasteiger partial charge >= 0.3 is 0 Å². The van der Waals surface area contributed by atoms with E-state index >= 15 is 0 Å². The Hall–Kier alpha value is -2.01. The van der Waals surface area contributed by atoms with Gasteiger partial charge in [0.1, 0.15) is 6.10 Å². The van der Waals surface area contributed by atoms with Crippen molar-refractivity contribution in [2.45, 2.75) is 19.6 Å². The van der Waals surface area contributed by atoms with Gasteiger partial charge in [-0.05, 0) is 24.6 Å². The van der Waals surface area contributed by atoms with E-state index in [1.807, 2.05) is 37.6 Å². The highest BCUT2D eigenvalue weighted by Gasteiger charge is 2.25. The van der Waals surface area contributed by atoms with E-state index in [0.717, 1.165) is 48.2 Å². The molecule has 0 amide bonds. The lowest BCUT2D eigenvalue weighted by atomic mass is 10.1. The zero-order valence-electron chi connectivity index (χ0n) is 16.1. The molecule has 1 unspecified atom stereocenters. The van der Waals surface area contributed by atoms with Crippen LogP contribution in [0.25, 0.3) is 0 Å². The monoisotopic (exact) mass is 499 g/mol. The molecule has 1 aromatic carbocycles. The minimum absolute atomic E-state index is 0. The molecule has 1 saturated heterocycles. The molecule has 28 heavy (non-hydrogen) atoms. The number of morpholine rings is 1. The highest BCUT2D eigenvalue weighted by atomic mass is 127. The van der Waals surface area contributed by atoms with Crippen molar-refractivity contribution in [2.24, 2.45) is 12.0 Å². The summed E-state index contributed by atoms with van der Waals surface area (Å²) in [6.07, 6.45) is 3.87. The van der Waals surface area contributed by atoms with Gasteiger partial charge in [-0.3, -0.25) is 4.68 Å². The third-order valence-corrected chi connectivity index (χ3v) is 4.65. The van der Waals surface area contributed by atoms with Crippen molar-refractivity contribution in [3.05, 3.63) is 41.7 Å².